The Kier molecular flexibility index (Phi) is 8.10. The second-order valence-electron chi connectivity index (χ2n) is 9.45. The van der Waals surface area contributed by atoms with E-state index in [1.165, 1.54) is 10.7 Å². The van der Waals surface area contributed by atoms with Crippen LogP contribution in [0.3, 0.4) is 0 Å². The van der Waals surface area contributed by atoms with Gasteiger partial charge in [-0.05, 0) is 61.0 Å². The predicted molar refractivity (Wildman–Crippen MR) is 128 cm³/mol. The molecule has 0 spiro atoms. The van der Waals surface area contributed by atoms with Crippen LogP contribution in [0.4, 0.5) is 5.69 Å². The largest absolute Gasteiger partial charge is 0.438 e. The lowest BCUT2D eigenvalue weighted by molar-refractivity contribution is -0.385. The standard InChI is InChI=1S/C22H33N5O6S/c1-9-14(4)23-20(28)19-15(5)21(26(24-19)13(2)3)33-17-11-10-16(27(29)30)12-18(17)34(31,32)25-22(6,7)8/h10-14,25H,9H2,1-8H3,(H,23,28)/t14-/m1/s1. The lowest BCUT2D eigenvalue weighted by Gasteiger charge is -2.21. The lowest BCUT2D eigenvalue weighted by atomic mass is 10.1. The minimum atomic E-state index is -4.19. The van der Waals surface area contributed by atoms with E-state index in [1.807, 2.05) is 27.7 Å². The molecule has 0 saturated heterocycles. The van der Waals surface area contributed by atoms with E-state index in [4.69, 9.17) is 4.74 Å². The number of nitro groups is 1. The van der Waals surface area contributed by atoms with Crippen LogP contribution < -0.4 is 14.8 Å². The van der Waals surface area contributed by atoms with Gasteiger partial charge in [0, 0.05) is 29.3 Å². The number of carbonyl (C=O) groups is 1. The molecule has 2 rings (SSSR count). The third-order valence-electron chi connectivity index (χ3n) is 4.86. The third-order valence-corrected chi connectivity index (χ3v) is 6.64. The molecule has 0 aliphatic carbocycles. The Morgan fingerprint density at radius 1 is 1.26 bits per heavy atom. The number of hydrogen-bond acceptors (Lipinski definition) is 7. The number of carbonyl (C=O) groups excluding carboxylic acids is 1. The average molecular weight is 496 g/mol. The Labute approximate surface area is 200 Å². The van der Waals surface area contributed by atoms with Gasteiger partial charge in [-0.2, -0.15) is 5.10 Å². The highest BCUT2D eigenvalue weighted by molar-refractivity contribution is 7.89. The number of nitro benzene ring substituents is 1. The summed E-state index contributed by atoms with van der Waals surface area (Å²) in [5.41, 5.74) is -0.662. The molecule has 0 unspecified atom stereocenters. The number of ether oxygens (including phenoxy) is 1. The van der Waals surface area contributed by atoms with E-state index in [2.05, 4.69) is 15.1 Å². The number of aromatic nitrogens is 2. The highest BCUT2D eigenvalue weighted by Gasteiger charge is 2.30. The van der Waals surface area contributed by atoms with Crippen LogP contribution >= 0.6 is 0 Å². The smallest absolute Gasteiger partial charge is 0.272 e. The van der Waals surface area contributed by atoms with Gasteiger partial charge in [0.25, 0.3) is 11.6 Å². The Morgan fingerprint density at radius 2 is 1.88 bits per heavy atom. The number of hydrogen-bond donors (Lipinski definition) is 2. The molecule has 1 amide bonds. The number of nitrogens with one attached hydrogen (secondary N) is 2. The summed E-state index contributed by atoms with van der Waals surface area (Å²) in [6.07, 6.45) is 0.740. The van der Waals surface area contributed by atoms with Crippen molar-refractivity contribution in [3.63, 3.8) is 0 Å². The summed E-state index contributed by atoms with van der Waals surface area (Å²) in [6, 6.07) is 3.06. The molecule has 1 heterocycles. The summed E-state index contributed by atoms with van der Waals surface area (Å²) < 4.78 is 36.2. The van der Waals surface area contributed by atoms with Crippen molar-refractivity contribution in [3.05, 3.63) is 39.6 Å². The van der Waals surface area contributed by atoms with Gasteiger partial charge in [-0.3, -0.25) is 14.9 Å². The SMILES string of the molecule is CC[C@@H](C)NC(=O)c1nn(C(C)C)c(Oc2ccc([N+](=O)[O-])cc2S(=O)(=O)NC(C)(C)C)c1C. The average Bonchev–Trinajstić information content (AvgIpc) is 3.02. The quantitative estimate of drug-likeness (QED) is 0.394. The number of sulfonamides is 1. The zero-order chi connectivity index (χ0) is 26.0. The number of amides is 1. The first-order valence-corrected chi connectivity index (χ1v) is 12.5. The molecular weight excluding hydrogens is 462 g/mol. The van der Waals surface area contributed by atoms with Crippen LogP contribution in [-0.4, -0.2) is 40.6 Å². The Hall–Kier alpha value is -2.99. The number of rotatable bonds is 9. The van der Waals surface area contributed by atoms with Gasteiger partial charge in [0.15, 0.2) is 5.69 Å². The summed E-state index contributed by atoms with van der Waals surface area (Å²) in [5, 5.41) is 18.6. The normalized spacial score (nSPS) is 13.1. The zero-order valence-electron chi connectivity index (χ0n) is 20.8. The molecule has 0 radical (unpaired) electrons. The molecule has 188 valence electrons. The van der Waals surface area contributed by atoms with Crippen LogP contribution in [0.5, 0.6) is 11.6 Å². The van der Waals surface area contributed by atoms with Gasteiger partial charge >= 0.3 is 0 Å². The van der Waals surface area contributed by atoms with E-state index in [-0.39, 0.29) is 35.3 Å². The van der Waals surface area contributed by atoms with Crippen molar-refractivity contribution in [2.75, 3.05) is 0 Å². The maximum Gasteiger partial charge on any atom is 0.272 e. The van der Waals surface area contributed by atoms with Crippen molar-refractivity contribution in [2.45, 2.75) is 84.3 Å². The van der Waals surface area contributed by atoms with E-state index in [9.17, 15) is 23.3 Å². The second-order valence-corrected chi connectivity index (χ2v) is 11.1. The van der Waals surface area contributed by atoms with Gasteiger partial charge < -0.3 is 10.1 Å². The second kappa shape index (κ2) is 10.1. The van der Waals surface area contributed by atoms with E-state index in [0.717, 1.165) is 18.6 Å². The molecule has 1 aromatic carbocycles. The van der Waals surface area contributed by atoms with Crippen molar-refractivity contribution in [1.82, 2.24) is 19.8 Å². The van der Waals surface area contributed by atoms with E-state index in [1.54, 1.807) is 27.7 Å². The number of benzene rings is 1. The summed E-state index contributed by atoms with van der Waals surface area (Å²) in [4.78, 5) is 23.0. The molecule has 12 heteroatoms. The number of non-ortho nitro benzene ring substituents is 1. The molecule has 0 aliphatic rings. The molecule has 0 bridgehead atoms. The molecule has 1 atom stereocenters. The maximum absolute atomic E-state index is 13.1. The highest BCUT2D eigenvalue weighted by Crippen LogP contribution is 2.36. The maximum atomic E-state index is 13.1. The van der Waals surface area contributed by atoms with Crippen LogP contribution in [0.1, 0.15) is 77.0 Å². The van der Waals surface area contributed by atoms with Crippen molar-refractivity contribution < 1.29 is 22.9 Å². The van der Waals surface area contributed by atoms with E-state index >= 15 is 0 Å². The zero-order valence-corrected chi connectivity index (χ0v) is 21.6. The fourth-order valence-electron chi connectivity index (χ4n) is 3.05. The Balaban J connectivity index is 2.64. The fourth-order valence-corrected chi connectivity index (χ4v) is 4.62. The molecule has 11 nitrogen and oxygen atoms in total. The fraction of sp³-hybridized carbons (Fsp3) is 0.545. The first-order chi connectivity index (χ1) is 15.6. The Bertz CT molecular complexity index is 1180. The van der Waals surface area contributed by atoms with Crippen LogP contribution in [0, 0.1) is 17.0 Å². The van der Waals surface area contributed by atoms with Gasteiger partial charge in [-0.25, -0.2) is 17.8 Å². The minimum Gasteiger partial charge on any atom is -0.438 e. The van der Waals surface area contributed by atoms with E-state index < -0.39 is 31.1 Å². The molecule has 0 fully saturated rings. The van der Waals surface area contributed by atoms with Gasteiger partial charge in [0.1, 0.15) is 10.6 Å². The van der Waals surface area contributed by atoms with Crippen LogP contribution in [0.25, 0.3) is 0 Å². The number of nitrogens with zero attached hydrogens (tertiary/aromatic N) is 3. The summed E-state index contributed by atoms with van der Waals surface area (Å²) >= 11 is 0. The highest BCUT2D eigenvalue weighted by atomic mass is 32.2. The van der Waals surface area contributed by atoms with Crippen molar-refractivity contribution in [3.8, 4) is 11.6 Å². The van der Waals surface area contributed by atoms with Crippen LogP contribution in [0.15, 0.2) is 23.1 Å². The van der Waals surface area contributed by atoms with E-state index in [0.29, 0.717) is 5.56 Å². The Morgan fingerprint density at radius 3 is 2.38 bits per heavy atom. The molecule has 2 aromatic rings. The van der Waals surface area contributed by atoms with Crippen LogP contribution in [0.2, 0.25) is 0 Å². The van der Waals surface area contributed by atoms with Crippen molar-refractivity contribution >= 4 is 21.6 Å². The monoisotopic (exact) mass is 495 g/mol. The van der Waals surface area contributed by atoms with Crippen LogP contribution in [-0.2, 0) is 10.0 Å². The lowest BCUT2D eigenvalue weighted by Crippen LogP contribution is -2.40. The van der Waals surface area contributed by atoms with Gasteiger partial charge in [-0.1, -0.05) is 6.92 Å². The molecular formula is C22H33N5O6S. The molecule has 0 saturated carbocycles. The topological polar surface area (TPSA) is 145 Å². The third kappa shape index (κ3) is 6.32. The molecule has 34 heavy (non-hydrogen) atoms. The minimum absolute atomic E-state index is 0.0599. The van der Waals surface area contributed by atoms with Crippen molar-refractivity contribution in [1.29, 1.82) is 0 Å². The summed E-state index contributed by atoms with van der Waals surface area (Å²) in [5.74, 6) is -0.325. The van der Waals surface area contributed by atoms with Crippen molar-refractivity contribution in [2.24, 2.45) is 0 Å². The van der Waals surface area contributed by atoms with Gasteiger partial charge in [0.2, 0.25) is 15.9 Å². The summed E-state index contributed by atoms with van der Waals surface area (Å²) in [6.45, 7) is 14.1. The van der Waals surface area contributed by atoms with Gasteiger partial charge in [0.05, 0.1) is 11.0 Å². The first-order valence-electron chi connectivity index (χ1n) is 11.0. The molecule has 1 aromatic heterocycles. The molecule has 2 N–H and O–H groups in total. The summed E-state index contributed by atoms with van der Waals surface area (Å²) in [7, 11) is -4.19. The molecule has 0 aliphatic heterocycles. The van der Waals surface area contributed by atoms with Gasteiger partial charge in [-0.15, -0.1) is 0 Å². The first kappa shape index (κ1) is 27.3. The predicted octanol–water partition coefficient (Wildman–Crippen LogP) is 4.08.